The molecular formula is C9H12N6O. The summed E-state index contributed by atoms with van der Waals surface area (Å²) in [6.45, 7) is 0. The molecular weight excluding hydrogens is 208 g/mol. The summed E-state index contributed by atoms with van der Waals surface area (Å²) in [5, 5.41) is 10.6. The van der Waals surface area contributed by atoms with Crippen LogP contribution in [0, 0.1) is 0 Å². The highest BCUT2D eigenvalue weighted by molar-refractivity contribution is 6.03. The molecule has 2 aromatic heterocycles. The van der Waals surface area contributed by atoms with Gasteiger partial charge in [-0.2, -0.15) is 10.2 Å². The van der Waals surface area contributed by atoms with Gasteiger partial charge in [-0.1, -0.05) is 0 Å². The van der Waals surface area contributed by atoms with Crippen molar-refractivity contribution >= 4 is 17.4 Å². The monoisotopic (exact) mass is 220 g/mol. The molecule has 0 fully saturated rings. The summed E-state index contributed by atoms with van der Waals surface area (Å²) >= 11 is 0. The van der Waals surface area contributed by atoms with E-state index in [9.17, 15) is 4.79 Å². The molecule has 0 aliphatic rings. The minimum Gasteiger partial charge on any atom is -0.394 e. The van der Waals surface area contributed by atoms with Gasteiger partial charge in [0.2, 0.25) is 0 Å². The number of nitrogens with one attached hydrogen (secondary N) is 1. The van der Waals surface area contributed by atoms with Gasteiger partial charge in [0, 0.05) is 20.3 Å². The van der Waals surface area contributed by atoms with E-state index in [0.717, 1.165) is 0 Å². The zero-order valence-electron chi connectivity index (χ0n) is 9.01. The van der Waals surface area contributed by atoms with Crippen LogP contribution in [0.15, 0.2) is 18.5 Å². The molecule has 7 nitrogen and oxygen atoms in total. The lowest BCUT2D eigenvalue weighted by Crippen LogP contribution is -2.16. The Kier molecular flexibility index (Phi) is 2.35. The zero-order chi connectivity index (χ0) is 11.7. The summed E-state index contributed by atoms with van der Waals surface area (Å²) in [5.74, 6) is 0.159. The van der Waals surface area contributed by atoms with E-state index in [0.29, 0.717) is 17.2 Å². The van der Waals surface area contributed by atoms with Crippen molar-refractivity contribution in [2.45, 2.75) is 0 Å². The Bertz CT molecular complexity index is 506. The first-order valence-corrected chi connectivity index (χ1v) is 4.66. The number of hydrogen-bond acceptors (Lipinski definition) is 4. The maximum atomic E-state index is 11.7. The van der Waals surface area contributed by atoms with E-state index in [1.165, 1.54) is 10.9 Å². The molecule has 0 aliphatic heterocycles. The first-order valence-electron chi connectivity index (χ1n) is 4.66. The van der Waals surface area contributed by atoms with Crippen molar-refractivity contribution in [3.05, 3.63) is 24.2 Å². The van der Waals surface area contributed by atoms with Crippen molar-refractivity contribution in [2.75, 3.05) is 11.1 Å². The van der Waals surface area contributed by atoms with Crippen LogP contribution in [0.1, 0.15) is 10.5 Å². The van der Waals surface area contributed by atoms with Crippen molar-refractivity contribution in [2.24, 2.45) is 14.1 Å². The SMILES string of the molecule is Cn1ccc(C(=O)Nc2c(N)cnn2C)n1. The third-order valence-electron chi connectivity index (χ3n) is 2.15. The fourth-order valence-corrected chi connectivity index (χ4v) is 1.32. The van der Waals surface area contributed by atoms with Gasteiger partial charge in [-0.25, -0.2) is 0 Å². The van der Waals surface area contributed by atoms with Crippen molar-refractivity contribution in [3.63, 3.8) is 0 Å². The molecule has 2 aromatic rings. The molecule has 7 heteroatoms. The van der Waals surface area contributed by atoms with Gasteiger partial charge in [-0.15, -0.1) is 0 Å². The van der Waals surface area contributed by atoms with Crippen molar-refractivity contribution < 1.29 is 4.79 Å². The molecule has 0 bridgehead atoms. The van der Waals surface area contributed by atoms with Crippen LogP contribution in [0.2, 0.25) is 0 Å². The average molecular weight is 220 g/mol. The molecule has 0 unspecified atom stereocenters. The summed E-state index contributed by atoms with van der Waals surface area (Å²) in [7, 11) is 3.44. The van der Waals surface area contributed by atoms with E-state index >= 15 is 0 Å². The molecule has 0 aliphatic carbocycles. The minimum absolute atomic E-state index is 0.309. The Hall–Kier alpha value is -2.31. The number of hydrogen-bond donors (Lipinski definition) is 2. The number of nitrogens with two attached hydrogens (primary N) is 1. The molecule has 0 saturated carbocycles. The lowest BCUT2D eigenvalue weighted by Gasteiger charge is -2.04. The van der Waals surface area contributed by atoms with E-state index in [2.05, 4.69) is 15.5 Å². The van der Waals surface area contributed by atoms with Gasteiger partial charge in [0.15, 0.2) is 11.5 Å². The molecule has 3 N–H and O–H groups in total. The predicted molar refractivity (Wildman–Crippen MR) is 58.8 cm³/mol. The molecule has 0 atom stereocenters. The molecule has 1 amide bonds. The molecule has 0 spiro atoms. The summed E-state index contributed by atoms with van der Waals surface area (Å²) in [5.41, 5.74) is 6.41. The fraction of sp³-hybridized carbons (Fsp3) is 0.222. The van der Waals surface area contributed by atoms with Crippen molar-refractivity contribution in [1.29, 1.82) is 0 Å². The quantitative estimate of drug-likeness (QED) is 0.744. The Morgan fingerprint density at radius 1 is 1.50 bits per heavy atom. The Labute approximate surface area is 91.8 Å². The van der Waals surface area contributed by atoms with Gasteiger partial charge in [-0.05, 0) is 6.07 Å². The Morgan fingerprint density at radius 3 is 2.75 bits per heavy atom. The molecule has 2 rings (SSSR count). The fourth-order valence-electron chi connectivity index (χ4n) is 1.32. The van der Waals surface area contributed by atoms with Crippen LogP contribution < -0.4 is 11.1 Å². The summed E-state index contributed by atoms with van der Waals surface area (Å²) in [4.78, 5) is 11.7. The van der Waals surface area contributed by atoms with E-state index in [-0.39, 0.29) is 5.91 Å². The van der Waals surface area contributed by atoms with Crippen LogP contribution in [-0.2, 0) is 14.1 Å². The maximum absolute atomic E-state index is 11.7. The van der Waals surface area contributed by atoms with Crippen molar-refractivity contribution in [3.8, 4) is 0 Å². The summed E-state index contributed by atoms with van der Waals surface area (Å²) in [6, 6.07) is 1.63. The van der Waals surface area contributed by atoms with Gasteiger partial charge in [0.1, 0.15) is 0 Å². The summed E-state index contributed by atoms with van der Waals surface area (Å²) < 4.78 is 3.05. The van der Waals surface area contributed by atoms with E-state index in [1.807, 2.05) is 0 Å². The highest BCUT2D eigenvalue weighted by atomic mass is 16.2. The molecule has 0 aromatic carbocycles. The standard InChI is InChI=1S/C9H12N6O/c1-14-4-3-7(13-14)9(16)12-8-6(10)5-11-15(8)2/h3-5H,10H2,1-2H3,(H,12,16). The number of nitrogens with zero attached hydrogens (tertiary/aromatic N) is 4. The molecule has 0 radical (unpaired) electrons. The van der Waals surface area contributed by atoms with E-state index in [4.69, 9.17) is 5.73 Å². The van der Waals surface area contributed by atoms with Crippen LogP contribution in [0.5, 0.6) is 0 Å². The van der Waals surface area contributed by atoms with Crippen LogP contribution in [0.3, 0.4) is 0 Å². The van der Waals surface area contributed by atoms with Gasteiger partial charge in [-0.3, -0.25) is 14.2 Å². The normalized spacial score (nSPS) is 10.4. The number of carbonyl (C=O) groups excluding carboxylic acids is 1. The first-order chi connectivity index (χ1) is 7.58. The topological polar surface area (TPSA) is 90.8 Å². The molecule has 84 valence electrons. The highest BCUT2D eigenvalue weighted by Gasteiger charge is 2.13. The number of anilines is 2. The number of nitrogen functional groups attached to an aromatic ring is 1. The van der Waals surface area contributed by atoms with E-state index in [1.54, 1.807) is 31.0 Å². The lowest BCUT2D eigenvalue weighted by molar-refractivity contribution is 0.102. The zero-order valence-corrected chi connectivity index (χ0v) is 9.01. The van der Waals surface area contributed by atoms with Gasteiger partial charge in [0.25, 0.3) is 5.91 Å². The number of aryl methyl sites for hydroxylation is 2. The Morgan fingerprint density at radius 2 is 2.25 bits per heavy atom. The largest absolute Gasteiger partial charge is 0.394 e. The number of rotatable bonds is 2. The third-order valence-corrected chi connectivity index (χ3v) is 2.15. The lowest BCUT2D eigenvalue weighted by atomic mass is 10.4. The number of amides is 1. The molecule has 0 saturated heterocycles. The van der Waals surface area contributed by atoms with Crippen LogP contribution in [-0.4, -0.2) is 25.5 Å². The third kappa shape index (κ3) is 1.74. The number of aromatic nitrogens is 4. The van der Waals surface area contributed by atoms with Gasteiger partial charge >= 0.3 is 0 Å². The minimum atomic E-state index is -0.309. The number of carbonyl (C=O) groups is 1. The van der Waals surface area contributed by atoms with Crippen molar-refractivity contribution in [1.82, 2.24) is 19.6 Å². The second-order valence-corrected chi connectivity index (χ2v) is 3.40. The van der Waals surface area contributed by atoms with Crippen LogP contribution in [0.4, 0.5) is 11.5 Å². The van der Waals surface area contributed by atoms with Crippen LogP contribution >= 0.6 is 0 Å². The van der Waals surface area contributed by atoms with E-state index < -0.39 is 0 Å². The second-order valence-electron chi connectivity index (χ2n) is 3.40. The first kappa shape index (κ1) is 10.2. The maximum Gasteiger partial charge on any atom is 0.277 e. The van der Waals surface area contributed by atoms with Gasteiger partial charge in [0.05, 0.1) is 11.9 Å². The second kappa shape index (κ2) is 3.69. The molecule has 16 heavy (non-hydrogen) atoms. The predicted octanol–water partition coefficient (Wildman–Crippen LogP) is -0.0119. The molecule has 2 heterocycles. The smallest absolute Gasteiger partial charge is 0.277 e. The summed E-state index contributed by atoms with van der Waals surface area (Å²) in [6.07, 6.45) is 3.18. The Balaban J connectivity index is 2.20. The van der Waals surface area contributed by atoms with Crippen LogP contribution in [0.25, 0.3) is 0 Å². The average Bonchev–Trinajstić information content (AvgIpc) is 2.79. The highest BCUT2D eigenvalue weighted by Crippen LogP contribution is 2.16. The van der Waals surface area contributed by atoms with Gasteiger partial charge < -0.3 is 11.1 Å².